The average Bonchev–Trinajstić information content (AvgIpc) is 3.11. The van der Waals surface area contributed by atoms with E-state index in [1.807, 2.05) is 41.3 Å². The molecule has 8 nitrogen and oxygen atoms in total. The van der Waals surface area contributed by atoms with E-state index in [1.165, 1.54) is 0 Å². The Morgan fingerprint density at radius 2 is 1.80 bits per heavy atom. The van der Waals surface area contributed by atoms with Crippen molar-refractivity contribution in [3.8, 4) is 0 Å². The van der Waals surface area contributed by atoms with E-state index in [9.17, 15) is 4.79 Å². The lowest BCUT2D eigenvalue weighted by molar-refractivity contribution is -0.130. The lowest BCUT2D eigenvalue weighted by atomic mass is 10.1. The Hall–Kier alpha value is -3.16. The fourth-order valence-corrected chi connectivity index (χ4v) is 2.99. The number of aromatic nitrogens is 4. The van der Waals surface area contributed by atoms with Crippen LogP contribution in [-0.4, -0.2) is 56.8 Å². The maximum Gasteiger partial charge on any atom is 0.227 e. The largest absolute Gasteiger partial charge is 0.399 e. The number of benzene rings is 1. The van der Waals surface area contributed by atoms with Crippen LogP contribution in [0.2, 0.25) is 0 Å². The molecule has 0 aliphatic carbocycles. The Morgan fingerprint density at radius 3 is 2.56 bits per heavy atom. The second-order valence-electron chi connectivity index (χ2n) is 6.11. The lowest BCUT2D eigenvalue weighted by Crippen LogP contribution is -2.49. The van der Waals surface area contributed by atoms with Gasteiger partial charge in [0.15, 0.2) is 5.65 Å². The number of hydrogen-bond acceptors (Lipinski definition) is 6. The summed E-state index contributed by atoms with van der Waals surface area (Å²) in [6.45, 7) is 2.90. The fourth-order valence-electron chi connectivity index (χ4n) is 2.99. The van der Waals surface area contributed by atoms with Gasteiger partial charge in [-0.3, -0.25) is 4.79 Å². The molecule has 0 unspecified atom stereocenters. The van der Waals surface area contributed by atoms with Gasteiger partial charge < -0.3 is 15.5 Å². The van der Waals surface area contributed by atoms with Gasteiger partial charge in [0.2, 0.25) is 5.91 Å². The molecule has 3 heterocycles. The molecule has 1 saturated heterocycles. The number of rotatable bonds is 3. The van der Waals surface area contributed by atoms with Gasteiger partial charge >= 0.3 is 0 Å². The van der Waals surface area contributed by atoms with E-state index in [1.54, 1.807) is 10.8 Å². The number of nitrogen functional groups attached to an aromatic ring is 1. The molecule has 1 aliphatic heterocycles. The molecule has 1 aromatic carbocycles. The molecule has 2 N–H and O–H groups in total. The highest BCUT2D eigenvalue weighted by Crippen LogP contribution is 2.15. The third-order valence-corrected chi connectivity index (χ3v) is 4.44. The summed E-state index contributed by atoms with van der Waals surface area (Å²) in [6, 6.07) is 11.3. The zero-order valence-electron chi connectivity index (χ0n) is 13.7. The summed E-state index contributed by atoms with van der Waals surface area (Å²) in [4.78, 5) is 16.6. The molecule has 1 fully saturated rings. The number of carbonyl (C=O) groups excluding carboxylic acids is 1. The van der Waals surface area contributed by atoms with Gasteiger partial charge in [-0.1, -0.05) is 12.1 Å². The third-order valence-electron chi connectivity index (χ3n) is 4.44. The first kappa shape index (κ1) is 15.4. The van der Waals surface area contributed by atoms with Gasteiger partial charge in [0.25, 0.3) is 0 Å². The van der Waals surface area contributed by atoms with Crippen molar-refractivity contribution in [2.75, 3.05) is 36.8 Å². The van der Waals surface area contributed by atoms with Gasteiger partial charge in [-0.15, -0.1) is 15.3 Å². The number of nitrogens with zero attached hydrogens (tertiary/aromatic N) is 6. The summed E-state index contributed by atoms with van der Waals surface area (Å²) in [7, 11) is 0. The van der Waals surface area contributed by atoms with E-state index in [2.05, 4.69) is 20.2 Å². The van der Waals surface area contributed by atoms with Gasteiger partial charge in [0.05, 0.1) is 6.42 Å². The Labute approximate surface area is 144 Å². The van der Waals surface area contributed by atoms with Crippen LogP contribution in [0.3, 0.4) is 0 Å². The summed E-state index contributed by atoms with van der Waals surface area (Å²) in [5.41, 5.74) is 8.10. The quantitative estimate of drug-likeness (QED) is 0.704. The number of nitrogens with two attached hydrogens (primary N) is 1. The van der Waals surface area contributed by atoms with Crippen LogP contribution in [-0.2, 0) is 11.2 Å². The molecule has 8 heteroatoms. The molecule has 25 heavy (non-hydrogen) atoms. The SMILES string of the molecule is Nc1ccc(CC(=O)N2CCN(c3ccc4nncn4n3)CC2)cc1. The van der Waals surface area contributed by atoms with Gasteiger partial charge in [0, 0.05) is 31.9 Å². The molecular weight excluding hydrogens is 318 g/mol. The zero-order chi connectivity index (χ0) is 17.2. The first-order valence-electron chi connectivity index (χ1n) is 8.23. The number of amides is 1. The molecule has 1 aliphatic rings. The molecule has 2 aromatic heterocycles. The maximum absolute atomic E-state index is 12.5. The van der Waals surface area contributed by atoms with Crippen molar-refractivity contribution in [3.63, 3.8) is 0 Å². The van der Waals surface area contributed by atoms with Gasteiger partial charge in [-0.2, -0.15) is 4.52 Å². The Balaban J connectivity index is 1.37. The van der Waals surface area contributed by atoms with Crippen LogP contribution in [0, 0.1) is 0 Å². The van der Waals surface area contributed by atoms with Crippen LogP contribution in [0.5, 0.6) is 0 Å². The summed E-state index contributed by atoms with van der Waals surface area (Å²) in [5.74, 6) is 1.02. The molecular formula is C17H19N7O. The highest BCUT2D eigenvalue weighted by atomic mass is 16.2. The Bertz CT molecular complexity index is 881. The van der Waals surface area contributed by atoms with Crippen molar-refractivity contribution < 1.29 is 4.79 Å². The summed E-state index contributed by atoms with van der Waals surface area (Å²) < 4.78 is 1.66. The summed E-state index contributed by atoms with van der Waals surface area (Å²) in [5, 5.41) is 12.3. The normalized spacial score (nSPS) is 14.9. The lowest BCUT2D eigenvalue weighted by Gasteiger charge is -2.35. The molecule has 3 aromatic rings. The molecule has 0 atom stereocenters. The van der Waals surface area contributed by atoms with Crippen molar-refractivity contribution >= 4 is 23.1 Å². The number of carbonyl (C=O) groups is 1. The number of anilines is 2. The van der Waals surface area contributed by atoms with Crippen molar-refractivity contribution in [1.82, 2.24) is 24.7 Å². The first-order chi connectivity index (χ1) is 12.2. The zero-order valence-corrected chi connectivity index (χ0v) is 13.7. The monoisotopic (exact) mass is 337 g/mol. The van der Waals surface area contributed by atoms with Crippen LogP contribution >= 0.6 is 0 Å². The predicted molar refractivity (Wildman–Crippen MR) is 94.1 cm³/mol. The van der Waals surface area contributed by atoms with Crippen molar-refractivity contribution in [1.29, 1.82) is 0 Å². The number of piperazine rings is 1. The molecule has 0 bridgehead atoms. The minimum absolute atomic E-state index is 0.145. The molecule has 128 valence electrons. The smallest absolute Gasteiger partial charge is 0.227 e. The number of hydrogen-bond donors (Lipinski definition) is 1. The molecule has 0 saturated carbocycles. The van der Waals surface area contributed by atoms with Crippen molar-refractivity contribution in [2.45, 2.75) is 6.42 Å². The standard InChI is InChI=1S/C17H19N7O/c18-14-3-1-13(2-4-14)11-17(25)23-9-7-22(8-10-23)16-6-5-15-20-19-12-24(15)21-16/h1-6,12H,7-11,18H2. The van der Waals surface area contributed by atoms with E-state index >= 15 is 0 Å². The van der Waals surface area contributed by atoms with Crippen LogP contribution < -0.4 is 10.6 Å². The second kappa shape index (κ2) is 6.39. The molecule has 1 amide bonds. The maximum atomic E-state index is 12.5. The van der Waals surface area contributed by atoms with Crippen LogP contribution in [0.25, 0.3) is 5.65 Å². The van der Waals surface area contributed by atoms with Gasteiger partial charge in [-0.25, -0.2) is 0 Å². The van der Waals surface area contributed by atoms with E-state index < -0.39 is 0 Å². The molecule has 0 radical (unpaired) electrons. The van der Waals surface area contributed by atoms with Crippen LogP contribution in [0.4, 0.5) is 11.5 Å². The Morgan fingerprint density at radius 1 is 1.04 bits per heavy atom. The highest BCUT2D eigenvalue weighted by Gasteiger charge is 2.22. The first-order valence-corrected chi connectivity index (χ1v) is 8.23. The minimum atomic E-state index is 0.145. The molecule has 4 rings (SSSR count). The number of fused-ring (bicyclic) bond motifs is 1. The Kier molecular flexibility index (Phi) is 3.93. The van der Waals surface area contributed by atoms with E-state index in [4.69, 9.17) is 5.73 Å². The fraction of sp³-hybridized carbons (Fsp3) is 0.294. The average molecular weight is 337 g/mol. The topological polar surface area (TPSA) is 92.7 Å². The second-order valence-corrected chi connectivity index (χ2v) is 6.11. The van der Waals surface area contributed by atoms with E-state index in [-0.39, 0.29) is 5.91 Å². The van der Waals surface area contributed by atoms with Gasteiger partial charge in [0.1, 0.15) is 12.1 Å². The van der Waals surface area contributed by atoms with Crippen LogP contribution in [0.15, 0.2) is 42.7 Å². The van der Waals surface area contributed by atoms with Crippen LogP contribution in [0.1, 0.15) is 5.56 Å². The van der Waals surface area contributed by atoms with Gasteiger partial charge in [-0.05, 0) is 29.8 Å². The minimum Gasteiger partial charge on any atom is -0.399 e. The summed E-state index contributed by atoms with van der Waals surface area (Å²) >= 11 is 0. The highest BCUT2D eigenvalue weighted by molar-refractivity contribution is 5.79. The third kappa shape index (κ3) is 3.23. The van der Waals surface area contributed by atoms with E-state index in [0.29, 0.717) is 25.2 Å². The van der Waals surface area contributed by atoms with Crippen molar-refractivity contribution in [2.24, 2.45) is 0 Å². The van der Waals surface area contributed by atoms with Crippen molar-refractivity contribution in [3.05, 3.63) is 48.3 Å². The molecule has 0 spiro atoms. The van der Waals surface area contributed by atoms with E-state index in [0.717, 1.165) is 30.1 Å². The summed E-state index contributed by atoms with van der Waals surface area (Å²) in [6.07, 6.45) is 2.00. The predicted octanol–water partition coefficient (Wildman–Crippen LogP) is 0.598.